The van der Waals surface area contributed by atoms with Crippen LogP contribution >= 0.6 is 0 Å². The van der Waals surface area contributed by atoms with Gasteiger partial charge in [0, 0.05) is 6.04 Å². The predicted molar refractivity (Wildman–Crippen MR) is 54.0 cm³/mol. The van der Waals surface area contributed by atoms with E-state index in [1.807, 2.05) is 19.2 Å². The zero-order chi connectivity index (χ0) is 9.97. The Balaban J connectivity index is 2.25. The smallest absolute Gasteiger partial charge is 0.135 e. The van der Waals surface area contributed by atoms with Gasteiger partial charge in [-0.2, -0.15) is 0 Å². The molecule has 0 saturated heterocycles. The highest BCUT2D eigenvalue weighted by atomic mass is 16.6. The van der Waals surface area contributed by atoms with E-state index in [-0.39, 0.29) is 0 Å². The minimum atomic E-state index is 0.465. The minimum Gasteiger partial charge on any atom is -0.317 e. The molecule has 74 valence electrons. The van der Waals surface area contributed by atoms with E-state index in [2.05, 4.69) is 33.2 Å². The molecule has 0 radical (unpaired) electrons. The Labute approximate surface area is 82.3 Å². The van der Waals surface area contributed by atoms with Crippen LogP contribution in [0.1, 0.15) is 12.5 Å². The number of nitrogens with one attached hydrogen (secondary N) is 1. The van der Waals surface area contributed by atoms with Gasteiger partial charge < -0.3 is 5.32 Å². The number of benzene rings is 1. The fourth-order valence-corrected chi connectivity index (χ4v) is 1.41. The van der Waals surface area contributed by atoms with Gasteiger partial charge in [0.05, 0.1) is 0 Å². The summed E-state index contributed by atoms with van der Waals surface area (Å²) in [4.78, 5) is 0. The van der Waals surface area contributed by atoms with E-state index in [0.717, 1.165) is 17.5 Å². The number of hydrogen-bond acceptors (Lipinski definition) is 4. The third kappa shape index (κ3) is 1.75. The second-order valence-corrected chi connectivity index (χ2v) is 3.48. The molecule has 1 unspecified atom stereocenters. The summed E-state index contributed by atoms with van der Waals surface area (Å²) in [6.45, 7) is 2.14. The number of rotatable bonds is 3. The molecule has 14 heavy (non-hydrogen) atoms. The van der Waals surface area contributed by atoms with Gasteiger partial charge in [-0.25, -0.2) is 4.63 Å². The van der Waals surface area contributed by atoms with Crippen LogP contribution in [0.3, 0.4) is 0 Å². The molecule has 1 aromatic carbocycles. The minimum absolute atomic E-state index is 0.465. The molecular weight excluding hydrogens is 178 g/mol. The van der Waals surface area contributed by atoms with Crippen molar-refractivity contribution in [1.29, 1.82) is 0 Å². The molecule has 1 N–H and O–H groups in total. The molecular formula is C10H13N3O. The van der Waals surface area contributed by atoms with Crippen molar-refractivity contribution in [3.05, 3.63) is 23.8 Å². The quantitative estimate of drug-likeness (QED) is 0.796. The zero-order valence-corrected chi connectivity index (χ0v) is 8.32. The van der Waals surface area contributed by atoms with Crippen molar-refractivity contribution in [3.63, 3.8) is 0 Å². The van der Waals surface area contributed by atoms with E-state index in [4.69, 9.17) is 0 Å². The maximum Gasteiger partial charge on any atom is 0.135 e. The Morgan fingerprint density at radius 3 is 2.93 bits per heavy atom. The van der Waals surface area contributed by atoms with Crippen LogP contribution in [-0.4, -0.2) is 23.4 Å². The highest BCUT2D eigenvalue weighted by Gasteiger charge is 2.04. The lowest BCUT2D eigenvalue weighted by molar-refractivity contribution is 0.315. The highest BCUT2D eigenvalue weighted by Crippen LogP contribution is 2.12. The Bertz CT molecular complexity index is 424. The number of hydrogen-bond donors (Lipinski definition) is 1. The first kappa shape index (κ1) is 9.15. The van der Waals surface area contributed by atoms with E-state index in [0.29, 0.717) is 6.04 Å². The molecule has 0 spiro atoms. The van der Waals surface area contributed by atoms with Crippen LogP contribution in [-0.2, 0) is 6.42 Å². The van der Waals surface area contributed by atoms with Gasteiger partial charge in [0.25, 0.3) is 0 Å². The van der Waals surface area contributed by atoms with E-state index < -0.39 is 0 Å². The molecule has 0 amide bonds. The van der Waals surface area contributed by atoms with E-state index in [1.54, 1.807) is 0 Å². The Morgan fingerprint density at radius 1 is 1.36 bits per heavy atom. The Morgan fingerprint density at radius 2 is 2.14 bits per heavy atom. The normalized spacial score (nSPS) is 13.3. The first-order valence-electron chi connectivity index (χ1n) is 4.68. The third-order valence-electron chi connectivity index (χ3n) is 2.35. The summed E-state index contributed by atoms with van der Waals surface area (Å²) in [6, 6.07) is 6.47. The Hall–Kier alpha value is -1.42. The third-order valence-corrected chi connectivity index (χ3v) is 2.35. The second-order valence-electron chi connectivity index (χ2n) is 3.48. The Kier molecular flexibility index (Phi) is 2.45. The van der Waals surface area contributed by atoms with Gasteiger partial charge in [-0.05, 0) is 48.4 Å². The van der Waals surface area contributed by atoms with Crippen molar-refractivity contribution in [2.75, 3.05) is 7.05 Å². The summed E-state index contributed by atoms with van der Waals surface area (Å²) < 4.78 is 4.64. The molecule has 2 rings (SSSR count). The molecule has 1 heterocycles. The maximum atomic E-state index is 4.64. The standard InChI is InChI=1S/C10H13N3O/c1-7(11-2)5-8-3-4-9-10(6-8)13-14-12-9/h3-4,6-7,11H,5H2,1-2H3. The van der Waals surface area contributed by atoms with Crippen molar-refractivity contribution >= 4 is 11.0 Å². The van der Waals surface area contributed by atoms with Crippen LogP contribution in [0.4, 0.5) is 0 Å². The monoisotopic (exact) mass is 191 g/mol. The van der Waals surface area contributed by atoms with Gasteiger partial charge in [0.1, 0.15) is 11.0 Å². The topological polar surface area (TPSA) is 51.0 Å². The molecule has 0 saturated carbocycles. The average Bonchev–Trinajstić information content (AvgIpc) is 2.64. The molecule has 1 atom stereocenters. The fourth-order valence-electron chi connectivity index (χ4n) is 1.41. The molecule has 4 nitrogen and oxygen atoms in total. The molecule has 2 aromatic rings. The zero-order valence-electron chi connectivity index (χ0n) is 8.32. The number of fused-ring (bicyclic) bond motifs is 1. The lowest BCUT2D eigenvalue weighted by Crippen LogP contribution is -2.23. The molecule has 0 aliphatic rings. The van der Waals surface area contributed by atoms with Crippen LogP contribution in [0, 0.1) is 0 Å². The largest absolute Gasteiger partial charge is 0.317 e. The van der Waals surface area contributed by atoms with Crippen LogP contribution in [0.25, 0.3) is 11.0 Å². The highest BCUT2D eigenvalue weighted by molar-refractivity contribution is 5.73. The second kappa shape index (κ2) is 3.75. The van der Waals surface area contributed by atoms with E-state index in [9.17, 15) is 0 Å². The van der Waals surface area contributed by atoms with E-state index >= 15 is 0 Å². The molecule has 0 fully saturated rings. The molecule has 0 aliphatic heterocycles. The lowest BCUT2D eigenvalue weighted by atomic mass is 10.1. The summed E-state index contributed by atoms with van der Waals surface area (Å²) in [5.74, 6) is 0. The maximum absolute atomic E-state index is 4.64. The van der Waals surface area contributed by atoms with Crippen LogP contribution in [0.15, 0.2) is 22.8 Å². The van der Waals surface area contributed by atoms with Crippen molar-refractivity contribution in [2.24, 2.45) is 0 Å². The van der Waals surface area contributed by atoms with Crippen molar-refractivity contribution < 1.29 is 4.63 Å². The summed E-state index contributed by atoms with van der Waals surface area (Å²) >= 11 is 0. The van der Waals surface area contributed by atoms with Crippen molar-refractivity contribution in [2.45, 2.75) is 19.4 Å². The van der Waals surface area contributed by atoms with Gasteiger partial charge in [0.15, 0.2) is 0 Å². The van der Waals surface area contributed by atoms with E-state index in [1.165, 1.54) is 5.56 Å². The predicted octanol–water partition coefficient (Wildman–Crippen LogP) is 1.37. The number of aromatic nitrogens is 2. The van der Waals surface area contributed by atoms with Crippen molar-refractivity contribution in [3.8, 4) is 0 Å². The first-order valence-corrected chi connectivity index (χ1v) is 4.68. The van der Waals surface area contributed by atoms with Gasteiger partial charge >= 0.3 is 0 Å². The molecule has 0 bridgehead atoms. The average molecular weight is 191 g/mol. The van der Waals surface area contributed by atoms with Gasteiger partial charge in [-0.3, -0.25) is 0 Å². The van der Waals surface area contributed by atoms with Crippen LogP contribution < -0.4 is 5.32 Å². The summed E-state index contributed by atoms with van der Waals surface area (Å²) in [6.07, 6.45) is 0.985. The summed E-state index contributed by atoms with van der Waals surface area (Å²) in [5, 5.41) is 10.8. The van der Waals surface area contributed by atoms with Gasteiger partial charge in [-0.1, -0.05) is 6.07 Å². The molecule has 4 heteroatoms. The van der Waals surface area contributed by atoms with Crippen molar-refractivity contribution in [1.82, 2.24) is 15.6 Å². The molecule has 1 aromatic heterocycles. The van der Waals surface area contributed by atoms with Crippen LogP contribution in [0.5, 0.6) is 0 Å². The van der Waals surface area contributed by atoms with Crippen LogP contribution in [0.2, 0.25) is 0 Å². The fraction of sp³-hybridized carbons (Fsp3) is 0.400. The lowest BCUT2D eigenvalue weighted by Gasteiger charge is -2.08. The number of nitrogens with zero attached hydrogens (tertiary/aromatic N) is 2. The van der Waals surface area contributed by atoms with Gasteiger partial charge in [-0.15, -0.1) is 0 Å². The summed E-state index contributed by atoms with van der Waals surface area (Å²) in [7, 11) is 1.96. The number of likely N-dealkylation sites (N-methyl/N-ethyl adjacent to an activating group) is 1. The molecule has 0 aliphatic carbocycles. The van der Waals surface area contributed by atoms with Gasteiger partial charge in [0.2, 0.25) is 0 Å². The SMILES string of the molecule is CNC(C)Cc1ccc2nonc2c1. The first-order chi connectivity index (χ1) is 6.79. The summed E-state index contributed by atoms with van der Waals surface area (Å²) in [5.41, 5.74) is 2.88.